The third-order valence-electron chi connectivity index (χ3n) is 4.11. The van der Waals surface area contributed by atoms with Crippen LogP contribution in [0.4, 0.5) is 0 Å². The van der Waals surface area contributed by atoms with E-state index < -0.39 is 17.1 Å². The van der Waals surface area contributed by atoms with Crippen LogP contribution in [0.3, 0.4) is 0 Å². The van der Waals surface area contributed by atoms with Gasteiger partial charge in [-0.3, -0.25) is 4.79 Å². The summed E-state index contributed by atoms with van der Waals surface area (Å²) in [6, 6.07) is 11.8. The Balaban J connectivity index is 1.81. The van der Waals surface area contributed by atoms with Gasteiger partial charge in [0.15, 0.2) is 5.78 Å². The molecule has 0 amide bonds. The molecule has 0 saturated carbocycles. The molecule has 1 aliphatic carbocycles. The number of carbonyl (C=O) groups excluding carboxylic acids is 1. The maximum absolute atomic E-state index is 12.9. The van der Waals surface area contributed by atoms with Gasteiger partial charge in [0.2, 0.25) is 0 Å². The summed E-state index contributed by atoms with van der Waals surface area (Å²) in [4.78, 5) is 12.9. The van der Waals surface area contributed by atoms with Gasteiger partial charge in [0.1, 0.15) is 13.2 Å². The van der Waals surface area contributed by atoms with Crippen LogP contribution in [0.5, 0.6) is 0 Å². The normalized spacial score (nSPS) is 14.7. The standard InChI is InChI=1S/C21H25O5S/c1-4-23-21(27(25-5-2)26-6-3)24-14-17-13-16-11-7-9-15-10-8-12-18(19(15)16)20(17)22/h7-13,21H,4-6,14H2,1-3H3/q+1. The first-order valence-electron chi connectivity index (χ1n) is 9.19. The molecule has 0 aromatic heterocycles. The van der Waals surface area contributed by atoms with Crippen LogP contribution in [0.1, 0.15) is 36.7 Å². The van der Waals surface area contributed by atoms with E-state index in [2.05, 4.69) is 0 Å². The van der Waals surface area contributed by atoms with E-state index in [0.29, 0.717) is 31.0 Å². The topological polar surface area (TPSA) is 54.0 Å². The molecule has 0 heterocycles. The summed E-state index contributed by atoms with van der Waals surface area (Å²) in [5.74, 6) is -0.0118. The first kappa shape index (κ1) is 20.0. The molecule has 0 radical (unpaired) electrons. The highest BCUT2D eigenvalue weighted by atomic mass is 32.2. The Morgan fingerprint density at radius 2 is 1.63 bits per heavy atom. The first-order valence-corrected chi connectivity index (χ1v) is 10.3. The van der Waals surface area contributed by atoms with Gasteiger partial charge < -0.3 is 9.47 Å². The second kappa shape index (κ2) is 9.48. The minimum atomic E-state index is -0.935. The van der Waals surface area contributed by atoms with E-state index in [1.807, 2.05) is 63.2 Å². The van der Waals surface area contributed by atoms with Crippen LogP contribution in [0.25, 0.3) is 16.8 Å². The number of hydrogen-bond acceptors (Lipinski definition) is 5. The highest BCUT2D eigenvalue weighted by Crippen LogP contribution is 2.31. The number of benzene rings is 2. The number of rotatable bonds is 10. The lowest BCUT2D eigenvalue weighted by molar-refractivity contribution is -0.0835. The zero-order chi connectivity index (χ0) is 19.2. The van der Waals surface area contributed by atoms with Gasteiger partial charge >= 0.3 is 17.1 Å². The van der Waals surface area contributed by atoms with E-state index in [0.717, 1.165) is 16.3 Å². The molecule has 0 spiro atoms. The smallest absolute Gasteiger partial charge is 0.306 e. The van der Waals surface area contributed by atoms with Gasteiger partial charge in [0.05, 0.1) is 13.2 Å². The third kappa shape index (κ3) is 4.42. The van der Waals surface area contributed by atoms with Crippen LogP contribution in [0.2, 0.25) is 0 Å². The number of hydrogen-bond donors (Lipinski definition) is 0. The molecule has 1 unspecified atom stereocenters. The Morgan fingerprint density at radius 3 is 2.30 bits per heavy atom. The van der Waals surface area contributed by atoms with Crippen molar-refractivity contribution in [2.75, 3.05) is 26.4 Å². The van der Waals surface area contributed by atoms with Crippen molar-refractivity contribution in [3.63, 3.8) is 0 Å². The molecule has 1 aliphatic rings. The van der Waals surface area contributed by atoms with Crippen LogP contribution < -0.4 is 0 Å². The fraction of sp³-hybridized carbons (Fsp3) is 0.381. The zero-order valence-electron chi connectivity index (χ0n) is 15.9. The summed E-state index contributed by atoms with van der Waals surface area (Å²) in [6.45, 7) is 7.26. The Bertz CT molecular complexity index is 821. The number of carbonyl (C=O) groups is 1. The summed E-state index contributed by atoms with van der Waals surface area (Å²) in [5, 5.41) is 2.06. The Hall–Kier alpha value is -1.70. The van der Waals surface area contributed by atoms with Crippen LogP contribution in [-0.2, 0) is 29.3 Å². The van der Waals surface area contributed by atoms with E-state index in [9.17, 15) is 4.79 Å². The second-order valence-corrected chi connectivity index (χ2v) is 7.26. The van der Waals surface area contributed by atoms with Crippen molar-refractivity contribution in [2.45, 2.75) is 26.4 Å². The van der Waals surface area contributed by atoms with E-state index >= 15 is 0 Å². The number of Topliss-reactive ketones (excluding diaryl/α,β-unsaturated/α-hetero) is 1. The molecule has 144 valence electrons. The molecule has 0 aliphatic heterocycles. The van der Waals surface area contributed by atoms with E-state index in [4.69, 9.17) is 17.8 Å². The number of ketones is 1. The Labute approximate surface area is 163 Å². The maximum atomic E-state index is 12.9. The van der Waals surface area contributed by atoms with Gasteiger partial charge in [-0.1, -0.05) is 36.4 Å². The summed E-state index contributed by atoms with van der Waals surface area (Å²) < 4.78 is 22.8. The van der Waals surface area contributed by atoms with Crippen molar-refractivity contribution >= 4 is 34.1 Å². The van der Waals surface area contributed by atoms with Crippen molar-refractivity contribution in [1.29, 1.82) is 0 Å². The monoisotopic (exact) mass is 389 g/mol. The van der Waals surface area contributed by atoms with Crippen LogP contribution in [0.15, 0.2) is 42.0 Å². The first-order chi connectivity index (χ1) is 13.2. The fourth-order valence-electron chi connectivity index (χ4n) is 3.04. The van der Waals surface area contributed by atoms with Gasteiger partial charge in [-0.05, 0) is 37.8 Å². The van der Waals surface area contributed by atoms with E-state index in [1.54, 1.807) is 0 Å². The molecule has 2 aromatic carbocycles. The van der Waals surface area contributed by atoms with Crippen LogP contribution >= 0.6 is 0 Å². The van der Waals surface area contributed by atoms with Crippen molar-refractivity contribution in [3.05, 3.63) is 53.1 Å². The Kier molecular flexibility index (Phi) is 7.04. The quantitative estimate of drug-likeness (QED) is 0.448. The van der Waals surface area contributed by atoms with Gasteiger partial charge in [-0.2, -0.15) is 0 Å². The van der Waals surface area contributed by atoms with Crippen LogP contribution in [-0.4, -0.2) is 37.8 Å². The highest BCUT2D eigenvalue weighted by molar-refractivity contribution is 7.88. The largest absolute Gasteiger partial charge is 0.399 e. The second-order valence-electron chi connectivity index (χ2n) is 5.88. The van der Waals surface area contributed by atoms with Gasteiger partial charge in [0.25, 0.3) is 0 Å². The summed E-state index contributed by atoms with van der Waals surface area (Å²) in [6.07, 6.45) is 1.90. The van der Waals surface area contributed by atoms with Crippen molar-refractivity contribution < 1.29 is 22.6 Å². The fourth-order valence-corrected chi connectivity index (χ4v) is 4.22. The number of ether oxygens (including phenoxy) is 2. The summed E-state index contributed by atoms with van der Waals surface area (Å²) in [7, 11) is 0. The molecule has 1 atom stereocenters. The molecule has 3 rings (SSSR count). The van der Waals surface area contributed by atoms with Gasteiger partial charge in [-0.25, -0.2) is 0 Å². The summed E-state index contributed by atoms with van der Waals surface area (Å²) in [5.41, 5.74) is 1.67. The molecular weight excluding hydrogens is 364 g/mol. The lowest BCUT2D eigenvalue weighted by atomic mass is 9.88. The Morgan fingerprint density at radius 1 is 0.926 bits per heavy atom. The average molecular weight is 389 g/mol. The molecule has 0 N–H and O–H groups in total. The lowest BCUT2D eigenvalue weighted by Gasteiger charge is -2.19. The molecule has 5 nitrogen and oxygen atoms in total. The van der Waals surface area contributed by atoms with Crippen molar-refractivity contribution in [2.24, 2.45) is 0 Å². The highest BCUT2D eigenvalue weighted by Gasteiger charge is 2.39. The molecule has 27 heavy (non-hydrogen) atoms. The van der Waals surface area contributed by atoms with Crippen LogP contribution in [0, 0.1) is 0 Å². The molecule has 0 bridgehead atoms. The van der Waals surface area contributed by atoms with Crippen molar-refractivity contribution in [3.8, 4) is 0 Å². The van der Waals surface area contributed by atoms with Crippen molar-refractivity contribution in [1.82, 2.24) is 0 Å². The lowest BCUT2D eigenvalue weighted by Crippen LogP contribution is -2.33. The van der Waals surface area contributed by atoms with Gasteiger partial charge in [0, 0.05) is 16.5 Å². The predicted molar refractivity (Wildman–Crippen MR) is 108 cm³/mol. The average Bonchev–Trinajstić information content (AvgIpc) is 2.68. The van der Waals surface area contributed by atoms with Gasteiger partial charge in [-0.15, -0.1) is 8.37 Å². The molecule has 6 heteroatoms. The molecule has 0 saturated heterocycles. The van der Waals surface area contributed by atoms with E-state index in [-0.39, 0.29) is 12.4 Å². The molecule has 0 fully saturated rings. The minimum absolute atomic E-state index is 0.0118. The maximum Gasteiger partial charge on any atom is 0.399 e. The predicted octanol–water partition coefficient (Wildman–Crippen LogP) is 4.28. The van der Waals surface area contributed by atoms with E-state index in [1.165, 1.54) is 0 Å². The molecular formula is C21H25O5S+. The summed E-state index contributed by atoms with van der Waals surface area (Å²) >= 11 is -0.935. The third-order valence-corrected chi connectivity index (χ3v) is 5.63. The molecule has 2 aromatic rings. The zero-order valence-corrected chi connectivity index (χ0v) is 16.7. The minimum Gasteiger partial charge on any atom is -0.306 e. The SMILES string of the molecule is CCOC(OCC1=Cc2cccc3cccc(c23)C1=O)[S+](OCC)OCC.